The van der Waals surface area contributed by atoms with Crippen LogP contribution in [0.5, 0.6) is 0 Å². The van der Waals surface area contributed by atoms with Crippen LogP contribution in [0.25, 0.3) is 0 Å². The largest absolute Gasteiger partial charge is 0.481 e. The Kier molecular flexibility index (Phi) is 4.23. The summed E-state index contributed by atoms with van der Waals surface area (Å²) >= 11 is 0. The molecule has 2 aromatic carbocycles. The summed E-state index contributed by atoms with van der Waals surface area (Å²) in [4.78, 5) is 11.7. The Bertz CT molecular complexity index is 572. The summed E-state index contributed by atoms with van der Waals surface area (Å²) in [6.07, 6.45) is 1.49. The fourth-order valence-corrected chi connectivity index (χ4v) is 2.41. The molecule has 0 bridgehead atoms. The van der Waals surface area contributed by atoms with E-state index in [1.807, 2.05) is 42.5 Å². The van der Waals surface area contributed by atoms with Gasteiger partial charge in [-0.15, -0.1) is 0 Å². The number of carboxylic acid groups (broad SMARTS) is 1. The number of hydrogen-bond donors (Lipinski definition) is 1. The minimum absolute atomic E-state index is 0.496. The highest BCUT2D eigenvalue weighted by atomic mass is 16.4. The highest BCUT2D eigenvalue weighted by Crippen LogP contribution is 2.28. The zero-order chi connectivity index (χ0) is 14.6. The quantitative estimate of drug-likeness (QED) is 0.894. The van der Waals surface area contributed by atoms with Gasteiger partial charge in [0, 0.05) is 0 Å². The van der Waals surface area contributed by atoms with Crippen molar-refractivity contribution in [2.24, 2.45) is 0 Å². The van der Waals surface area contributed by atoms with E-state index >= 15 is 0 Å². The predicted octanol–water partition coefficient (Wildman–Crippen LogP) is 3.83. The molecule has 20 heavy (non-hydrogen) atoms. The average molecular weight is 268 g/mol. The van der Waals surface area contributed by atoms with Crippen molar-refractivity contribution in [2.75, 3.05) is 0 Å². The van der Waals surface area contributed by atoms with Crippen molar-refractivity contribution in [1.29, 1.82) is 0 Å². The minimum atomic E-state index is -0.894. The van der Waals surface area contributed by atoms with E-state index in [4.69, 9.17) is 0 Å². The standard InChI is InChI=1S/C18H20O2/c1-3-14-9-11-15(12-10-14)13-18(2,17(19)20)16-7-5-4-6-8-16/h4-12H,3,13H2,1-2H3,(H,19,20). The first-order valence-corrected chi connectivity index (χ1v) is 6.93. The molecule has 1 N–H and O–H groups in total. The second-order valence-corrected chi connectivity index (χ2v) is 5.35. The van der Waals surface area contributed by atoms with Gasteiger partial charge < -0.3 is 5.11 Å². The molecule has 0 aliphatic rings. The van der Waals surface area contributed by atoms with Crippen molar-refractivity contribution in [2.45, 2.75) is 32.1 Å². The molecule has 0 amide bonds. The highest BCUT2D eigenvalue weighted by Gasteiger charge is 2.35. The zero-order valence-corrected chi connectivity index (χ0v) is 12.0. The number of carboxylic acids is 1. The van der Waals surface area contributed by atoms with Gasteiger partial charge in [0.15, 0.2) is 0 Å². The molecular formula is C18H20O2. The van der Waals surface area contributed by atoms with Gasteiger partial charge in [-0.3, -0.25) is 4.79 Å². The molecule has 0 aromatic heterocycles. The smallest absolute Gasteiger partial charge is 0.314 e. The molecule has 0 aliphatic heterocycles. The maximum absolute atomic E-state index is 11.7. The lowest BCUT2D eigenvalue weighted by molar-refractivity contribution is -0.143. The second-order valence-electron chi connectivity index (χ2n) is 5.35. The molecule has 2 nitrogen and oxygen atoms in total. The van der Waals surface area contributed by atoms with Crippen molar-refractivity contribution >= 4 is 5.97 Å². The van der Waals surface area contributed by atoms with E-state index in [2.05, 4.69) is 19.1 Å². The molecule has 2 rings (SSSR count). The Morgan fingerprint density at radius 2 is 1.55 bits per heavy atom. The Labute approximate surface area is 120 Å². The van der Waals surface area contributed by atoms with E-state index < -0.39 is 11.4 Å². The van der Waals surface area contributed by atoms with E-state index in [0.29, 0.717) is 6.42 Å². The van der Waals surface area contributed by atoms with E-state index in [-0.39, 0.29) is 0 Å². The van der Waals surface area contributed by atoms with Crippen LogP contribution < -0.4 is 0 Å². The molecule has 2 heteroatoms. The van der Waals surface area contributed by atoms with Crippen LogP contribution in [0.1, 0.15) is 30.5 Å². The summed E-state index contributed by atoms with van der Waals surface area (Å²) in [5.74, 6) is -0.789. The molecule has 0 saturated carbocycles. The maximum Gasteiger partial charge on any atom is 0.314 e. The minimum Gasteiger partial charge on any atom is -0.481 e. The van der Waals surface area contributed by atoms with Gasteiger partial charge in [-0.2, -0.15) is 0 Å². The summed E-state index contributed by atoms with van der Waals surface area (Å²) in [5, 5.41) is 9.65. The van der Waals surface area contributed by atoms with Gasteiger partial charge in [0.25, 0.3) is 0 Å². The first-order chi connectivity index (χ1) is 9.56. The highest BCUT2D eigenvalue weighted by molar-refractivity contribution is 5.81. The van der Waals surface area contributed by atoms with E-state index in [9.17, 15) is 9.90 Å². The van der Waals surface area contributed by atoms with Gasteiger partial charge in [0.2, 0.25) is 0 Å². The summed E-state index contributed by atoms with van der Waals surface area (Å²) < 4.78 is 0. The van der Waals surface area contributed by atoms with Gasteiger partial charge in [-0.05, 0) is 36.5 Å². The molecule has 104 valence electrons. The molecule has 1 unspecified atom stereocenters. The topological polar surface area (TPSA) is 37.3 Å². The van der Waals surface area contributed by atoms with Crippen molar-refractivity contribution < 1.29 is 9.90 Å². The molecule has 1 atom stereocenters. The van der Waals surface area contributed by atoms with Gasteiger partial charge in [-0.1, -0.05) is 61.5 Å². The van der Waals surface area contributed by atoms with Gasteiger partial charge in [0.05, 0.1) is 5.41 Å². The summed E-state index contributed by atoms with van der Waals surface area (Å²) in [6, 6.07) is 17.6. The number of aryl methyl sites for hydroxylation is 1. The van der Waals surface area contributed by atoms with Crippen LogP contribution in [-0.4, -0.2) is 11.1 Å². The summed E-state index contributed by atoms with van der Waals surface area (Å²) in [5.41, 5.74) is 2.27. The maximum atomic E-state index is 11.7. The Morgan fingerprint density at radius 3 is 2.05 bits per heavy atom. The van der Waals surface area contributed by atoms with Crippen LogP contribution in [0.4, 0.5) is 0 Å². The zero-order valence-electron chi connectivity index (χ0n) is 12.0. The number of hydrogen-bond acceptors (Lipinski definition) is 1. The first kappa shape index (κ1) is 14.3. The number of aliphatic carboxylic acids is 1. The second kappa shape index (κ2) is 5.91. The van der Waals surface area contributed by atoms with Crippen LogP contribution in [0.3, 0.4) is 0 Å². The number of carbonyl (C=O) groups is 1. The first-order valence-electron chi connectivity index (χ1n) is 6.93. The fourth-order valence-electron chi connectivity index (χ4n) is 2.41. The van der Waals surface area contributed by atoms with Crippen molar-refractivity contribution in [3.8, 4) is 0 Å². The van der Waals surface area contributed by atoms with E-state index in [1.54, 1.807) is 6.92 Å². The molecule has 0 saturated heterocycles. The van der Waals surface area contributed by atoms with Gasteiger partial charge >= 0.3 is 5.97 Å². The monoisotopic (exact) mass is 268 g/mol. The molecule has 0 radical (unpaired) electrons. The molecule has 0 aliphatic carbocycles. The lowest BCUT2D eigenvalue weighted by Gasteiger charge is -2.25. The van der Waals surface area contributed by atoms with Crippen molar-refractivity contribution in [3.05, 3.63) is 71.3 Å². The molecule has 0 spiro atoms. The van der Waals surface area contributed by atoms with Crippen molar-refractivity contribution in [3.63, 3.8) is 0 Å². The molecule has 0 heterocycles. The number of rotatable bonds is 5. The third-order valence-electron chi connectivity index (χ3n) is 3.87. The SMILES string of the molecule is CCc1ccc(CC(C)(C(=O)O)c2ccccc2)cc1. The molecular weight excluding hydrogens is 248 g/mol. The third-order valence-corrected chi connectivity index (χ3v) is 3.87. The Balaban J connectivity index is 2.32. The van der Waals surface area contributed by atoms with Crippen LogP contribution in [0.2, 0.25) is 0 Å². The Morgan fingerprint density at radius 1 is 1.00 bits per heavy atom. The van der Waals surface area contributed by atoms with Gasteiger partial charge in [0.1, 0.15) is 0 Å². The Hall–Kier alpha value is -2.09. The summed E-state index contributed by atoms with van der Waals surface area (Å²) in [6.45, 7) is 3.90. The average Bonchev–Trinajstić information content (AvgIpc) is 2.48. The third kappa shape index (κ3) is 2.90. The van der Waals surface area contributed by atoms with E-state index in [1.165, 1.54) is 5.56 Å². The lowest BCUT2D eigenvalue weighted by Crippen LogP contribution is -2.34. The van der Waals surface area contributed by atoms with Crippen LogP contribution >= 0.6 is 0 Å². The fraction of sp³-hybridized carbons (Fsp3) is 0.278. The molecule has 0 fully saturated rings. The van der Waals surface area contributed by atoms with Crippen LogP contribution in [-0.2, 0) is 23.1 Å². The van der Waals surface area contributed by atoms with E-state index in [0.717, 1.165) is 17.5 Å². The van der Waals surface area contributed by atoms with Gasteiger partial charge in [-0.25, -0.2) is 0 Å². The van der Waals surface area contributed by atoms with Crippen molar-refractivity contribution in [1.82, 2.24) is 0 Å². The number of benzene rings is 2. The normalized spacial score (nSPS) is 13.7. The predicted molar refractivity (Wildman–Crippen MR) is 81.0 cm³/mol. The van der Waals surface area contributed by atoms with Crippen LogP contribution in [0.15, 0.2) is 54.6 Å². The van der Waals surface area contributed by atoms with Crippen LogP contribution in [0, 0.1) is 0 Å². The molecule has 2 aromatic rings. The summed E-state index contributed by atoms with van der Waals surface area (Å²) in [7, 11) is 0. The lowest BCUT2D eigenvalue weighted by atomic mass is 9.77.